The van der Waals surface area contributed by atoms with E-state index in [1.807, 2.05) is 85.3 Å². The van der Waals surface area contributed by atoms with Crippen molar-refractivity contribution in [3.05, 3.63) is 88.4 Å². The Bertz CT molecular complexity index is 1320. The van der Waals surface area contributed by atoms with Gasteiger partial charge in [0.25, 0.3) is 5.91 Å². The lowest BCUT2D eigenvalue weighted by atomic mass is 9.93. The molecule has 6 heteroatoms. The van der Waals surface area contributed by atoms with Gasteiger partial charge in [-0.25, -0.2) is 0 Å². The van der Waals surface area contributed by atoms with Crippen LogP contribution in [-0.2, 0) is 17.9 Å². The highest BCUT2D eigenvalue weighted by Crippen LogP contribution is 2.38. The zero-order chi connectivity index (χ0) is 22.5. The maximum absolute atomic E-state index is 13.8. The van der Waals surface area contributed by atoms with Crippen LogP contribution in [0.1, 0.15) is 34.1 Å². The third kappa shape index (κ3) is 3.31. The fraction of sp³-hybridized carbons (Fsp3) is 0.231. The molecule has 2 aromatic heterocycles. The molecule has 5 rings (SSSR count). The van der Waals surface area contributed by atoms with Crippen LogP contribution in [0.2, 0.25) is 0 Å². The fourth-order valence-electron chi connectivity index (χ4n) is 4.65. The van der Waals surface area contributed by atoms with Crippen LogP contribution in [-0.4, -0.2) is 21.9 Å². The van der Waals surface area contributed by atoms with Gasteiger partial charge in [-0.3, -0.25) is 14.5 Å². The summed E-state index contributed by atoms with van der Waals surface area (Å²) in [4.78, 5) is 30.2. The number of amides is 2. The lowest BCUT2D eigenvalue weighted by Gasteiger charge is -2.44. The van der Waals surface area contributed by atoms with Crippen molar-refractivity contribution in [3.8, 4) is 0 Å². The molecule has 32 heavy (non-hydrogen) atoms. The number of anilines is 1. The Kier molecular flexibility index (Phi) is 4.90. The Balaban J connectivity index is 1.60. The molecule has 1 aliphatic rings. The van der Waals surface area contributed by atoms with Crippen molar-refractivity contribution in [2.45, 2.75) is 39.4 Å². The summed E-state index contributed by atoms with van der Waals surface area (Å²) >= 11 is 1.60. The average Bonchev–Trinajstić information content (AvgIpc) is 3.34. The molecule has 1 aliphatic heterocycles. The fourth-order valence-corrected chi connectivity index (χ4v) is 5.55. The number of rotatable bonds is 4. The Morgan fingerprint density at radius 3 is 2.50 bits per heavy atom. The van der Waals surface area contributed by atoms with Crippen LogP contribution in [0.5, 0.6) is 0 Å². The number of aryl methyl sites for hydroxylation is 2. The molecule has 162 valence electrons. The number of carbonyl (C=O) groups is 2. The molecule has 1 N–H and O–H groups in total. The highest BCUT2D eigenvalue weighted by molar-refractivity contribution is 7.16. The summed E-state index contributed by atoms with van der Waals surface area (Å²) in [7, 11) is 0. The number of hydrogen-bond acceptors (Lipinski definition) is 3. The molecule has 0 radical (unpaired) electrons. The first-order chi connectivity index (χ1) is 15.4. The van der Waals surface area contributed by atoms with E-state index in [1.165, 1.54) is 0 Å². The van der Waals surface area contributed by atoms with Gasteiger partial charge in [0.2, 0.25) is 5.91 Å². The van der Waals surface area contributed by atoms with E-state index in [-0.39, 0.29) is 11.8 Å². The van der Waals surface area contributed by atoms with Gasteiger partial charge in [0.1, 0.15) is 16.1 Å². The van der Waals surface area contributed by atoms with Crippen molar-refractivity contribution >= 4 is 39.1 Å². The zero-order valence-corrected chi connectivity index (χ0v) is 19.2. The smallest absolute Gasteiger partial charge is 0.275 e. The maximum atomic E-state index is 13.8. The molecule has 0 bridgehead atoms. The van der Waals surface area contributed by atoms with E-state index >= 15 is 0 Å². The first-order valence-corrected chi connectivity index (χ1v) is 11.6. The second-order valence-corrected chi connectivity index (χ2v) is 9.62. The standard InChI is InChI=1S/C26H25N3O2S/c1-17-11-18(2)13-21(12-17)29-23(30)22-14-20-9-10-32-24(20)28(22)16-26(29,3)25(31)27-15-19-7-5-4-6-8-19/h4-14H,15-16H2,1-3H3,(H,27,31)/t26-/m0/s1. The summed E-state index contributed by atoms with van der Waals surface area (Å²) in [5.74, 6) is -0.320. The van der Waals surface area contributed by atoms with E-state index < -0.39 is 5.54 Å². The molecule has 2 aromatic carbocycles. The number of hydrogen-bond donors (Lipinski definition) is 1. The number of fused-ring (bicyclic) bond motifs is 3. The third-order valence-corrected chi connectivity index (χ3v) is 7.09. The van der Waals surface area contributed by atoms with Gasteiger partial charge in [-0.15, -0.1) is 11.3 Å². The summed E-state index contributed by atoms with van der Waals surface area (Å²) in [6.07, 6.45) is 0. The van der Waals surface area contributed by atoms with E-state index in [4.69, 9.17) is 0 Å². The molecule has 0 unspecified atom stereocenters. The SMILES string of the molecule is Cc1cc(C)cc(N2C(=O)c3cc4ccsc4n3C[C@@]2(C)C(=O)NCc2ccccc2)c1. The summed E-state index contributed by atoms with van der Waals surface area (Å²) in [5, 5.41) is 6.14. The third-order valence-electron chi connectivity index (χ3n) is 6.13. The van der Waals surface area contributed by atoms with Gasteiger partial charge >= 0.3 is 0 Å². The number of aromatic nitrogens is 1. The number of benzene rings is 2. The molecular weight excluding hydrogens is 418 g/mol. The van der Waals surface area contributed by atoms with Crippen LogP contribution in [0.15, 0.2) is 66.0 Å². The minimum Gasteiger partial charge on any atom is -0.350 e. The molecule has 0 aliphatic carbocycles. The molecule has 4 aromatic rings. The van der Waals surface area contributed by atoms with Gasteiger partial charge in [0, 0.05) is 17.6 Å². The highest BCUT2D eigenvalue weighted by Gasteiger charge is 2.48. The van der Waals surface area contributed by atoms with E-state index in [9.17, 15) is 9.59 Å². The van der Waals surface area contributed by atoms with Gasteiger partial charge in [0.05, 0.1) is 6.54 Å². The van der Waals surface area contributed by atoms with E-state index in [1.54, 1.807) is 16.2 Å². The normalized spacial score (nSPS) is 18.1. The summed E-state index contributed by atoms with van der Waals surface area (Å²) < 4.78 is 2.00. The van der Waals surface area contributed by atoms with Crippen LogP contribution in [0, 0.1) is 13.8 Å². The molecular formula is C26H25N3O2S. The lowest BCUT2D eigenvalue weighted by molar-refractivity contribution is -0.126. The molecule has 0 spiro atoms. The van der Waals surface area contributed by atoms with Crippen LogP contribution in [0.3, 0.4) is 0 Å². The van der Waals surface area contributed by atoms with E-state index in [0.717, 1.165) is 32.6 Å². The Labute approximate surface area is 191 Å². The van der Waals surface area contributed by atoms with Gasteiger partial charge in [-0.05, 0) is 67.1 Å². The van der Waals surface area contributed by atoms with E-state index in [0.29, 0.717) is 18.8 Å². The average molecular weight is 444 g/mol. The Hall–Kier alpha value is -3.38. The predicted molar refractivity (Wildman–Crippen MR) is 129 cm³/mol. The first kappa shape index (κ1) is 20.5. The number of nitrogens with zero attached hydrogens (tertiary/aromatic N) is 2. The van der Waals surface area contributed by atoms with Crippen molar-refractivity contribution in [1.29, 1.82) is 0 Å². The number of carbonyl (C=O) groups excluding carboxylic acids is 2. The predicted octanol–water partition coefficient (Wildman–Crippen LogP) is 5.06. The van der Waals surface area contributed by atoms with Gasteiger partial charge < -0.3 is 9.88 Å². The summed E-state index contributed by atoms with van der Waals surface area (Å²) in [6, 6.07) is 19.8. The van der Waals surface area contributed by atoms with Gasteiger partial charge in [-0.1, -0.05) is 36.4 Å². The van der Waals surface area contributed by atoms with Crippen molar-refractivity contribution in [3.63, 3.8) is 0 Å². The first-order valence-electron chi connectivity index (χ1n) is 10.7. The summed E-state index contributed by atoms with van der Waals surface area (Å²) in [6.45, 7) is 6.70. The van der Waals surface area contributed by atoms with Crippen LogP contribution in [0.4, 0.5) is 5.69 Å². The Morgan fingerprint density at radius 1 is 1.06 bits per heavy atom. The monoisotopic (exact) mass is 443 g/mol. The van der Waals surface area contributed by atoms with Crippen LogP contribution < -0.4 is 10.2 Å². The molecule has 0 saturated heterocycles. The zero-order valence-electron chi connectivity index (χ0n) is 18.4. The summed E-state index contributed by atoms with van der Waals surface area (Å²) in [5.41, 5.74) is 3.44. The van der Waals surface area contributed by atoms with Crippen molar-refractivity contribution in [2.24, 2.45) is 0 Å². The number of thiophene rings is 1. The topological polar surface area (TPSA) is 54.3 Å². The molecule has 0 saturated carbocycles. The lowest BCUT2D eigenvalue weighted by Crippen LogP contribution is -2.64. The molecule has 5 nitrogen and oxygen atoms in total. The second kappa shape index (κ2) is 7.64. The molecule has 3 heterocycles. The van der Waals surface area contributed by atoms with Crippen LogP contribution >= 0.6 is 11.3 Å². The van der Waals surface area contributed by atoms with E-state index in [2.05, 4.69) is 11.4 Å². The van der Waals surface area contributed by atoms with Crippen molar-refractivity contribution in [2.75, 3.05) is 4.90 Å². The van der Waals surface area contributed by atoms with Crippen LogP contribution in [0.25, 0.3) is 10.2 Å². The molecule has 0 fully saturated rings. The minimum atomic E-state index is -1.07. The van der Waals surface area contributed by atoms with Crippen molar-refractivity contribution in [1.82, 2.24) is 9.88 Å². The van der Waals surface area contributed by atoms with Crippen molar-refractivity contribution < 1.29 is 9.59 Å². The number of nitrogens with one attached hydrogen (secondary N) is 1. The Morgan fingerprint density at radius 2 is 1.78 bits per heavy atom. The van der Waals surface area contributed by atoms with Gasteiger partial charge in [0.15, 0.2) is 0 Å². The quantitative estimate of drug-likeness (QED) is 0.480. The maximum Gasteiger partial charge on any atom is 0.275 e. The second-order valence-electron chi connectivity index (χ2n) is 8.73. The molecule has 1 atom stereocenters. The molecule has 2 amide bonds. The highest BCUT2D eigenvalue weighted by atomic mass is 32.1. The largest absolute Gasteiger partial charge is 0.350 e. The minimum absolute atomic E-state index is 0.151. The van der Waals surface area contributed by atoms with Gasteiger partial charge in [-0.2, -0.15) is 0 Å².